The smallest absolute Gasteiger partial charge is 0.422 e. The first-order valence-corrected chi connectivity index (χ1v) is 11.1. The van der Waals surface area contributed by atoms with Crippen LogP contribution in [0.5, 0.6) is 5.75 Å². The van der Waals surface area contributed by atoms with Gasteiger partial charge in [-0.05, 0) is 70.2 Å². The minimum atomic E-state index is -4.40. The highest BCUT2D eigenvalue weighted by atomic mass is 19.4. The second kappa shape index (κ2) is 7.97. The van der Waals surface area contributed by atoms with E-state index in [1.54, 1.807) is 12.1 Å². The van der Waals surface area contributed by atoms with Gasteiger partial charge in [-0.25, -0.2) is 13.5 Å². The average Bonchev–Trinajstić information content (AvgIpc) is 3.23. The lowest BCUT2D eigenvalue weighted by Gasteiger charge is -2.75. The first kappa shape index (κ1) is 23.7. The van der Waals surface area contributed by atoms with Gasteiger partial charge in [0.25, 0.3) is 0 Å². The standard InChI is InChI=1S/C24H23F5N4O2/c1-15(23(34,12-33-14-30-31-32-33)19-7-4-17(25)8-20(19)26)21-9-22(10-21,11-21)16-2-5-18(6-3-16)35-13-24(27,28)29/h2-8,14-15,34H,9-13H2,1H3/t15?,21?,22?,23-/m0/s1. The summed E-state index contributed by atoms with van der Waals surface area (Å²) in [6.45, 7) is 0.395. The molecule has 0 amide bonds. The highest BCUT2D eigenvalue weighted by Crippen LogP contribution is 2.78. The Morgan fingerprint density at radius 2 is 1.77 bits per heavy atom. The van der Waals surface area contributed by atoms with Gasteiger partial charge in [0.1, 0.15) is 29.3 Å². The third-order valence-corrected chi connectivity index (χ3v) is 7.77. The number of aliphatic hydroxyl groups is 1. The largest absolute Gasteiger partial charge is 0.484 e. The number of nitrogens with zero attached hydrogens (tertiary/aromatic N) is 4. The van der Waals surface area contributed by atoms with Crippen molar-refractivity contribution in [2.45, 2.75) is 49.9 Å². The van der Waals surface area contributed by atoms with Crippen LogP contribution >= 0.6 is 0 Å². The summed E-state index contributed by atoms with van der Waals surface area (Å²) in [4.78, 5) is 0. The molecule has 2 aromatic carbocycles. The molecule has 3 fully saturated rings. The topological polar surface area (TPSA) is 73.1 Å². The van der Waals surface area contributed by atoms with Crippen LogP contribution in [0.1, 0.15) is 37.3 Å². The summed E-state index contributed by atoms with van der Waals surface area (Å²) in [7, 11) is 0. The molecule has 6 rings (SSSR count). The molecule has 3 aromatic rings. The van der Waals surface area contributed by atoms with Crippen molar-refractivity contribution in [1.29, 1.82) is 0 Å². The summed E-state index contributed by atoms with van der Waals surface area (Å²) < 4.78 is 71.7. The maximum absolute atomic E-state index is 14.8. The fourth-order valence-corrected chi connectivity index (χ4v) is 6.00. The number of tetrazole rings is 1. The zero-order chi connectivity index (χ0) is 25.1. The Morgan fingerprint density at radius 1 is 1.09 bits per heavy atom. The van der Waals surface area contributed by atoms with E-state index in [4.69, 9.17) is 4.74 Å². The number of hydrogen-bond acceptors (Lipinski definition) is 5. The second-order valence-electron chi connectivity index (χ2n) is 9.88. The highest BCUT2D eigenvalue weighted by molar-refractivity contribution is 5.42. The minimum Gasteiger partial charge on any atom is -0.484 e. The van der Waals surface area contributed by atoms with Crippen molar-refractivity contribution in [3.63, 3.8) is 0 Å². The van der Waals surface area contributed by atoms with Crippen LogP contribution in [0.15, 0.2) is 48.8 Å². The van der Waals surface area contributed by atoms with E-state index in [0.29, 0.717) is 0 Å². The van der Waals surface area contributed by atoms with Crippen LogP contribution < -0.4 is 4.74 Å². The lowest BCUT2D eigenvalue weighted by molar-refractivity contribution is -0.231. The fraction of sp³-hybridized carbons (Fsp3) is 0.458. The van der Waals surface area contributed by atoms with Crippen LogP contribution in [0, 0.1) is 23.0 Å². The molecule has 1 aromatic heterocycles. The predicted octanol–water partition coefficient (Wildman–Crippen LogP) is 4.54. The van der Waals surface area contributed by atoms with Crippen LogP contribution in [-0.4, -0.2) is 38.1 Å². The van der Waals surface area contributed by atoms with E-state index >= 15 is 0 Å². The summed E-state index contributed by atoms with van der Waals surface area (Å²) in [5.41, 5.74) is -1.16. The first-order valence-electron chi connectivity index (χ1n) is 11.1. The number of benzene rings is 2. The van der Waals surface area contributed by atoms with E-state index in [-0.39, 0.29) is 28.7 Å². The van der Waals surface area contributed by atoms with Crippen LogP contribution in [-0.2, 0) is 17.6 Å². The maximum Gasteiger partial charge on any atom is 0.422 e. The molecule has 0 spiro atoms. The number of alkyl halides is 3. The highest BCUT2D eigenvalue weighted by Gasteiger charge is 2.72. The molecule has 11 heteroatoms. The van der Waals surface area contributed by atoms with E-state index in [0.717, 1.165) is 37.0 Å². The van der Waals surface area contributed by atoms with Crippen LogP contribution in [0.4, 0.5) is 22.0 Å². The third kappa shape index (κ3) is 4.05. The zero-order valence-electron chi connectivity index (χ0n) is 18.8. The summed E-state index contributed by atoms with van der Waals surface area (Å²) in [5, 5.41) is 22.8. The Kier molecular flexibility index (Phi) is 5.39. The molecule has 0 aliphatic heterocycles. The summed E-state index contributed by atoms with van der Waals surface area (Å²) >= 11 is 0. The van der Waals surface area contributed by atoms with Crippen molar-refractivity contribution in [3.8, 4) is 5.75 Å². The normalized spacial score (nSPS) is 25.8. The lowest BCUT2D eigenvalue weighted by atomic mass is 9.29. The lowest BCUT2D eigenvalue weighted by Crippen LogP contribution is -2.70. The summed E-state index contributed by atoms with van der Waals surface area (Å²) in [5.74, 6) is -1.86. The van der Waals surface area contributed by atoms with Gasteiger partial charge in [-0.1, -0.05) is 25.1 Å². The quantitative estimate of drug-likeness (QED) is 0.466. The summed E-state index contributed by atoms with van der Waals surface area (Å²) in [6, 6.07) is 9.71. The molecule has 2 bridgehead atoms. The van der Waals surface area contributed by atoms with Gasteiger partial charge in [0.15, 0.2) is 6.61 Å². The summed E-state index contributed by atoms with van der Waals surface area (Å²) in [6.07, 6.45) is -0.900. The van der Waals surface area contributed by atoms with Crippen LogP contribution in [0.2, 0.25) is 0 Å². The molecule has 1 heterocycles. The molecule has 1 N–H and O–H groups in total. The first-order chi connectivity index (χ1) is 16.4. The molecular weight excluding hydrogens is 471 g/mol. The number of halogens is 5. The van der Waals surface area contributed by atoms with Gasteiger partial charge in [0.2, 0.25) is 0 Å². The van der Waals surface area contributed by atoms with Crippen molar-refractivity contribution in [3.05, 3.63) is 71.6 Å². The molecule has 35 heavy (non-hydrogen) atoms. The van der Waals surface area contributed by atoms with Crippen molar-refractivity contribution in [2.75, 3.05) is 6.61 Å². The van der Waals surface area contributed by atoms with E-state index in [1.165, 1.54) is 29.2 Å². The number of hydrogen-bond donors (Lipinski definition) is 1. The molecule has 186 valence electrons. The fourth-order valence-electron chi connectivity index (χ4n) is 6.00. The van der Waals surface area contributed by atoms with Gasteiger partial charge in [-0.3, -0.25) is 0 Å². The molecule has 3 saturated carbocycles. The van der Waals surface area contributed by atoms with Gasteiger partial charge < -0.3 is 9.84 Å². The Balaban J connectivity index is 1.35. The van der Waals surface area contributed by atoms with E-state index < -0.39 is 35.9 Å². The van der Waals surface area contributed by atoms with Crippen molar-refractivity contribution >= 4 is 0 Å². The molecule has 1 unspecified atom stereocenters. The molecule has 2 atom stereocenters. The third-order valence-electron chi connectivity index (χ3n) is 7.77. The van der Waals surface area contributed by atoms with Crippen LogP contribution in [0.3, 0.4) is 0 Å². The molecule has 3 aliphatic carbocycles. The Labute approximate surface area is 197 Å². The Morgan fingerprint density at radius 3 is 2.34 bits per heavy atom. The van der Waals surface area contributed by atoms with Gasteiger partial charge >= 0.3 is 6.18 Å². The molecule has 6 nitrogen and oxygen atoms in total. The maximum atomic E-state index is 14.8. The number of aromatic nitrogens is 4. The predicted molar refractivity (Wildman–Crippen MR) is 113 cm³/mol. The van der Waals surface area contributed by atoms with Crippen LogP contribution in [0.25, 0.3) is 0 Å². The van der Waals surface area contributed by atoms with E-state index in [9.17, 15) is 27.1 Å². The zero-order valence-corrected chi connectivity index (χ0v) is 18.8. The molecule has 3 aliphatic rings. The van der Waals surface area contributed by atoms with Gasteiger partial charge in [-0.15, -0.1) is 5.10 Å². The molecular formula is C24H23F5N4O2. The van der Waals surface area contributed by atoms with E-state index in [2.05, 4.69) is 15.5 Å². The second-order valence-corrected chi connectivity index (χ2v) is 9.88. The minimum absolute atomic E-state index is 0.0214. The average molecular weight is 494 g/mol. The SMILES string of the molecule is CC(C12CC(c3ccc(OCC(F)(F)F)cc3)(C1)C2)[C@@](O)(Cn1cnnn1)c1ccc(F)cc1F. The van der Waals surface area contributed by atoms with Crippen molar-refractivity contribution < 1.29 is 31.8 Å². The van der Waals surface area contributed by atoms with Crippen molar-refractivity contribution in [2.24, 2.45) is 11.3 Å². The molecule has 0 radical (unpaired) electrons. The Hall–Kier alpha value is -3.08. The number of ether oxygens (including phenoxy) is 1. The van der Waals surface area contributed by atoms with Gasteiger partial charge in [0, 0.05) is 11.6 Å². The van der Waals surface area contributed by atoms with Gasteiger partial charge in [0.05, 0.1) is 6.54 Å². The van der Waals surface area contributed by atoms with Gasteiger partial charge in [-0.2, -0.15) is 13.2 Å². The van der Waals surface area contributed by atoms with E-state index in [1.807, 2.05) is 6.92 Å². The monoisotopic (exact) mass is 494 g/mol. The van der Waals surface area contributed by atoms with Crippen molar-refractivity contribution in [1.82, 2.24) is 20.2 Å². The molecule has 0 saturated heterocycles. The number of rotatable bonds is 8. The Bertz CT molecular complexity index is 1200.